The Morgan fingerprint density at radius 1 is 0.958 bits per heavy atom. The number of fused-ring (bicyclic) bond motifs is 1. The molecule has 0 saturated heterocycles. The van der Waals surface area contributed by atoms with Crippen LogP contribution >= 0.6 is 0 Å². The fourth-order valence-electron chi connectivity index (χ4n) is 2.54. The van der Waals surface area contributed by atoms with Crippen LogP contribution in [0.15, 0.2) is 36.4 Å². The quantitative estimate of drug-likeness (QED) is 0.734. The Kier molecular flexibility index (Phi) is 4.20. The van der Waals surface area contributed by atoms with Crippen LogP contribution in [0.25, 0.3) is 22.3 Å². The van der Waals surface area contributed by atoms with Gasteiger partial charge < -0.3 is 14.4 Å². The molecule has 0 radical (unpaired) electrons. The predicted molar refractivity (Wildman–Crippen MR) is 92.4 cm³/mol. The molecule has 2 aromatic carbocycles. The fraction of sp³-hybridized carbons (Fsp3) is 0.222. The summed E-state index contributed by atoms with van der Waals surface area (Å²) in [6.07, 6.45) is 0. The highest BCUT2D eigenvalue weighted by atomic mass is 19.1. The lowest BCUT2D eigenvalue weighted by atomic mass is 10.1. The average molecular weight is 327 g/mol. The molecule has 3 aromatic rings. The number of methoxy groups -OCH3 is 2. The average Bonchev–Trinajstić information content (AvgIpc) is 2.59. The summed E-state index contributed by atoms with van der Waals surface area (Å²) in [5.41, 5.74) is 1.02. The largest absolute Gasteiger partial charge is 0.493 e. The highest BCUT2D eigenvalue weighted by Gasteiger charge is 2.16. The normalized spacial score (nSPS) is 10.7. The maximum Gasteiger partial charge on any atom is 0.165 e. The Morgan fingerprint density at radius 2 is 1.62 bits per heavy atom. The van der Waals surface area contributed by atoms with Crippen molar-refractivity contribution >= 4 is 16.7 Å². The Bertz CT molecular complexity index is 897. The van der Waals surface area contributed by atoms with Crippen molar-refractivity contribution in [3.8, 4) is 22.9 Å². The van der Waals surface area contributed by atoms with Crippen molar-refractivity contribution in [2.75, 3.05) is 33.2 Å². The topological polar surface area (TPSA) is 47.5 Å². The number of aromatic nitrogens is 2. The zero-order valence-corrected chi connectivity index (χ0v) is 14.0. The highest BCUT2D eigenvalue weighted by molar-refractivity contribution is 5.93. The first-order valence-electron chi connectivity index (χ1n) is 7.41. The van der Waals surface area contributed by atoms with Gasteiger partial charge in [0.25, 0.3) is 0 Å². The molecule has 0 amide bonds. The van der Waals surface area contributed by atoms with Crippen LogP contribution in [-0.4, -0.2) is 38.3 Å². The van der Waals surface area contributed by atoms with Crippen LogP contribution in [0, 0.1) is 5.82 Å². The van der Waals surface area contributed by atoms with E-state index in [0.717, 1.165) is 5.39 Å². The van der Waals surface area contributed by atoms with Crippen LogP contribution in [0.4, 0.5) is 10.2 Å². The standard InChI is InChI=1S/C18H18FN3O2/c1-22(2)18-12-9-15(23-3)16(24-4)10-14(12)20-17(21-18)11-7-5-6-8-13(11)19/h5-10H,1-4H3. The zero-order chi connectivity index (χ0) is 17.3. The SMILES string of the molecule is COc1cc2nc(-c3ccccc3F)nc(N(C)C)c2cc1OC. The molecule has 3 rings (SSSR count). The molecule has 6 heteroatoms. The van der Waals surface area contributed by atoms with Crippen molar-refractivity contribution in [3.63, 3.8) is 0 Å². The molecule has 1 heterocycles. The number of hydrogen-bond acceptors (Lipinski definition) is 5. The first-order valence-corrected chi connectivity index (χ1v) is 7.41. The zero-order valence-electron chi connectivity index (χ0n) is 14.0. The molecule has 0 aliphatic carbocycles. The van der Waals surface area contributed by atoms with Gasteiger partial charge in [-0.1, -0.05) is 12.1 Å². The third kappa shape index (κ3) is 2.71. The van der Waals surface area contributed by atoms with E-state index in [1.54, 1.807) is 38.5 Å². The first kappa shape index (κ1) is 16.0. The van der Waals surface area contributed by atoms with Gasteiger partial charge in [-0.15, -0.1) is 0 Å². The van der Waals surface area contributed by atoms with E-state index < -0.39 is 0 Å². The van der Waals surface area contributed by atoms with Gasteiger partial charge in [0.1, 0.15) is 11.6 Å². The summed E-state index contributed by atoms with van der Waals surface area (Å²) >= 11 is 0. The molecule has 0 unspecified atom stereocenters. The minimum Gasteiger partial charge on any atom is -0.493 e. The maximum absolute atomic E-state index is 14.1. The molecule has 24 heavy (non-hydrogen) atoms. The van der Waals surface area contributed by atoms with Crippen molar-refractivity contribution < 1.29 is 13.9 Å². The number of benzene rings is 2. The van der Waals surface area contributed by atoms with Crippen molar-refractivity contribution in [2.24, 2.45) is 0 Å². The minimum atomic E-state index is -0.359. The van der Waals surface area contributed by atoms with Crippen LogP contribution in [0.1, 0.15) is 0 Å². The van der Waals surface area contributed by atoms with E-state index in [1.807, 2.05) is 25.1 Å². The van der Waals surface area contributed by atoms with Crippen LogP contribution < -0.4 is 14.4 Å². The van der Waals surface area contributed by atoms with E-state index in [2.05, 4.69) is 9.97 Å². The minimum absolute atomic E-state index is 0.330. The Hall–Kier alpha value is -2.89. The van der Waals surface area contributed by atoms with Crippen LogP contribution in [-0.2, 0) is 0 Å². The van der Waals surface area contributed by atoms with Gasteiger partial charge in [-0.05, 0) is 18.2 Å². The van der Waals surface area contributed by atoms with Crippen LogP contribution in [0.5, 0.6) is 11.5 Å². The number of nitrogens with zero attached hydrogens (tertiary/aromatic N) is 3. The molecule has 0 saturated carbocycles. The van der Waals surface area contributed by atoms with E-state index >= 15 is 0 Å². The van der Waals surface area contributed by atoms with E-state index in [-0.39, 0.29) is 5.82 Å². The van der Waals surface area contributed by atoms with Crippen molar-refractivity contribution in [3.05, 3.63) is 42.2 Å². The smallest absolute Gasteiger partial charge is 0.165 e. The van der Waals surface area contributed by atoms with E-state index in [4.69, 9.17) is 9.47 Å². The summed E-state index contributed by atoms with van der Waals surface area (Å²) in [5.74, 6) is 1.81. The molecule has 5 nitrogen and oxygen atoms in total. The molecule has 0 fully saturated rings. The Balaban J connectivity index is 2.33. The third-order valence-electron chi connectivity index (χ3n) is 3.72. The second-order valence-corrected chi connectivity index (χ2v) is 5.47. The lowest BCUT2D eigenvalue weighted by Crippen LogP contribution is -2.12. The van der Waals surface area contributed by atoms with Gasteiger partial charge in [0.05, 0.1) is 25.3 Å². The number of anilines is 1. The Labute approximate surface area is 139 Å². The molecule has 0 aliphatic heterocycles. The van der Waals surface area contributed by atoms with Crippen molar-refractivity contribution in [1.29, 1.82) is 0 Å². The number of rotatable bonds is 4. The highest BCUT2D eigenvalue weighted by Crippen LogP contribution is 2.36. The molecule has 124 valence electrons. The number of ether oxygens (including phenoxy) is 2. The van der Waals surface area contributed by atoms with E-state index in [1.165, 1.54) is 6.07 Å². The van der Waals surface area contributed by atoms with Gasteiger partial charge in [0, 0.05) is 25.5 Å². The van der Waals surface area contributed by atoms with E-state index in [9.17, 15) is 4.39 Å². The lowest BCUT2D eigenvalue weighted by molar-refractivity contribution is 0.356. The summed E-state index contributed by atoms with van der Waals surface area (Å²) < 4.78 is 24.8. The molecule has 0 atom stereocenters. The second-order valence-electron chi connectivity index (χ2n) is 5.47. The molecular formula is C18H18FN3O2. The summed E-state index contributed by atoms with van der Waals surface area (Å²) in [5, 5.41) is 0.803. The first-order chi connectivity index (χ1) is 11.5. The number of halogens is 1. The van der Waals surface area contributed by atoms with Crippen LogP contribution in [0.3, 0.4) is 0 Å². The van der Waals surface area contributed by atoms with Gasteiger partial charge >= 0.3 is 0 Å². The van der Waals surface area contributed by atoms with Gasteiger partial charge in [0.2, 0.25) is 0 Å². The third-order valence-corrected chi connectivity index (χ3v) is 3.72. The maximum atomic E-state index is 14.1. The molecule has 0 aliphatic rings. The Morgan fingerprint density at radius 3 is 2.25 bits per heavy atom. The molecule has 0 bridgehead atoms. The second kappa shape index (κ2) is 6.31. The van der Waals surface area contributed by atoms with Crippen LogP contribution in [0.2, 0.25) is 0 Å². The van der Waals surface area contributed by atoms with Gasteiger partial charge in [-0.2, -0.15) is 0 Å². The number of hydrogen-bond donors (Lipinski definition) is 0. The summed E-state index contributed by atoms with van der Waals surface area (Å²) in [7, 11) is 6.90. The van der Waals surface area contributed by atoms with Crippen molar-refractivity contribution in [1.82, 2.24) is 9.97 Å². The summed E-state index contributed by atoms with van der Waals surface area (Å²) in [6.45, 7) is 0. The van der Waals surface area contributed by atoms with Gasteiger partial charge in [-0.3, -0.25) is 0 Å². The summed E-state index contributed by atoms with van der Waals surface area (Å²) in [4.78, 5) is 10.9. The lowest BCUT2D eigenvalue weighted by Gasteiger charge is -2.17. The van der Waals surface area contributed by atoms with E-state index in [0.29, 0.717) is 34.2 Å². The monoisotopic (exact) mass is 327 g/mol. The van der Waals surface area contributed by atoms with Crippen molar-refractivity contribution in [2.45, 2.75) is 0 Å². The molecule has 0 N–H and O–H groups in total. The molecule has 0 spiro atoms. The fourth-order valence-corrected chi connectivity index (χ4v) is 2.54. The molecule has 1 aromatic heterocycles. The van der Waals surface area contributed by atoms with Gasteiger partial charge in [-0.25, -0.2) is 14.4 Å². The summed E-state index contributed by atoms with van der Waals surface area (Å²) in [6, 6.07) is 10.1. The predicted octanol–water partition coefficient (Wildman–Crippen LogP) is 3.52. The molecular weight excluding hydrogens is 309 g/mol. The van der Waals surface area contributed by atoms with Gasteiger partial charge in [0.15, 0.2) is 17.3 Å².